The molecule has 0 atom stereocenters. The van der Waals surface area contributed by atoms with Gasteiger partial charge < -0.3 is 5.32 Å². The number of anilines is 1. The van der Waals surface area contributed by atoms with E-state index in [0.29, 0.717) is 11.3 Å². The zero-order valence-corrected chi connectivity index (χ0v) is 14.5. The van der Waals surface area contributed by atoms with Crippen molar-refractivity contribution in [2.45, 2.75) is 30.7 Å². The molecule has 0 radical (unpaired) electrons. The van der Waals surface area contributed by atoms with Gasteiger partial charge in [-0.3, -0.25) is 9.69 Å². The molecule has 0 saturated carbocycles. The number of rotatable bonds is 6. The van der Waals surface area contributed by atoms with Crippen molar-refractivity contribution >= 4 is 21.3 Å². The third-order valence-corrected chi connectivity index (χ3v) is 5.28. The predicted octanol–water partition coefficient (Wildman–Crippen LogP) is 2.36. The van der Waals surface area contributed by atoms with Crippen LogP contribution in [0.3, 0.4) is 0 Å². The molecule has 1 aromatic rings. The van der Waals surface area contributed by atoms with Crippen molar-refractivity contribution in [2.75, 3.05) is 31.2 Å². The molecule has 0 aliphatic carbocycles. The molecule has 2 rings (SSSR count). The second-order valence-electron chi connectivity index (χ2n) is 6.05. The van der Waals surface area contributed by atoms with E-state index in [1.807, 2.05) is 6.08 Å². The number of Topliss-reactive ketones (excluding diaryl/α,β-unsaturated/α-hetero) is 1. The summed E-state index contributed by atoms with van der Waals surface area (Å²) in [4.78, 5) is 14.1. The first kappa shape index (κ1) is 17.7. The maximum atomic E-state index is 12.0. The van der Waals surface area contributed by atoms with Gasteiger partial charge in [0.1, 0.15) is 0 Å². The van der Waals surface area contributed by atoms with E-state index in [2.05, 4.69) is 16.8 Å². The van der Waals surface area contributed by atoms with Crippen LogP contribution in [0, 0.1) is 0 Å². The number of ketones is 1. The lowest BCUT2D eigenvalue weighted by atomic mass is 10.0. The molecule has 1 N–H and O–H groups in total. The number of hydrogen-bond acceptors (Lipinski definition) is 5. The number of benzene rings is 1. The second kappa shape index (κ2) is 7.27. The van der Waals surface area contributed by atoms with Crippen LogP contribution < -0.4 is 5.32 Å². The zero-order chi connectivity index (χ0) is 17.0. The number of carbonyl (C=O) groups is 1. The van der Waals surface area contributed by atoms with Crippen molar-refractivity contribution in [3.8, 4) is 0 Å². The van der Waals surface area contributed by atoms with Gasteiger partial charge in [-0.05, 0) is 38.0 Å². The molecule has 0 unspecified atom stereocenters. The lowest BCUT2D eigenvalue weighted by molar-refractivity contribution is 0.101. The van der Waals surface area contributed by atoms with Crippen molar-refractivity contribution in [1.82, 2.24) is 4.90 Å². The Morgan fingerprint density at radius 1 is 1.39 bits per heavy atom. The SMILES string of the molecule is C=CCN1CCC(Nc2cc(C(C)=O)ccc2S(C)(=O)=O)CC1. The summed E-state index contributed by atoms with van der Waals surface area (Å²) in [5.74, 6) is -0.0751. The summed E-state index contributed by atoms with van der Waals surface area (Å²) in [7, 11) is -3.34. The maximum Gasteiger partial charge on any atom is 0.177 e. The van der Waals surface area contributed by atoms with E-state index in [9.17, 15) is 13.2 Å². The highest BCUT2D eigenvalue weighted by Gasteiger charge is 2.21. The van der Waals surface area contributed by atoms with Crippen LogP contribution in [0.4, 0.5) is 5.69 Å². The third kappa shape index (κ3) is 4.65. The summed E-state index contributed by atoms with van der Waals surface area (Å²) in [5.41, 5.74) is 1.05. The Morgan fingerprint density at radius 3 is 2.57 bits per heavy atom. The molecule has 1 aliphatic rings. The molecule has 1 fully saturated rings. The molecule has 0 amide bonds. The van der Waals surface area contributed by atoms with Crippen molar-refractivity contribution in [2.24, 2.45) is 0 Å². The molecule has 23 heavy (non-hydrogen) atoms. The summed E-state index contributed by atoms with van der Waals surface area (Å²) in [6.45, 7) is 8.00. The van der Waals surface area contributed by atoms with Crippen molar-refractivity contribution in [3.63, 3.8) is 0 Å². The first-order valence-corrected chi connectivity index (χ1v) is 9.65. The van der Waals surface area contributed by atoms with Crippen molar-refractivity contribution in [1.29, 1.82) is 0 Å². The minimum atomic E-state index is -3.34. The summed E-state index contributed by atoms with van der Waals surface area (Å²) in [5, 5.41) is 3.33. The van der Waals surface area contributed by atoms with E-state index in [-0.39, 0.29) is 16.7 Å². The lowest BCUT2D eigenvalue weighted by Gasteiger charge is -2.32. The molecule has 0 bridgehead atoms. The van der Waals surface area contributed by atoms with Crippen LogP contribution in [0.2, 0.25) is 0 Å². The van der Waals surface area contributed by atoms with E-state index >= 15 is 0 Å². The molecule has 1 aliphatic heterocycles. The van der Waals surface area contributed by atoms with Crippen LogP contribution >= 0.6 is 0 Å². The Labute approximate surface area is 138 Å². The molecule has 1 heterocycles. The minimum Gasteiger partial charge on any atom is -0.381 e. The average Bonchev–Trinajstić information content (AvgIpc) is 2.48. The Morgan fingerprint density at radius 2 is 2.04 bits per heavy atom. The molecule has 0 aromatic heterocycles. The van der Waals surface area contributed by atoms with E-state index < -0.39 is 9.84 Å². The van der Waals surface area contributed by atoms with Crippen LogP contribution in [0.1, 0.15) is 30.1 Å². The largest absolute Gasteiger partial charge is 0.381 e. The highest BCUT2D eigenvalue weighted by molar-refractivity contribution is 7.90. The van der Waals surface area contributed by atoms with Gasteiger partial charge in [0.05, 0.1) is 10.6 Å². The molecular formula is C17H24N2O3S. The Bertz CT molecular complexity index is 690. The fourth-order valence-corrected chi connectivity index (χ4v) is 3.68. The monoisotopic (exact) mass is 336 g/mol. The Hall–Kier alpha value is -1.66. The fourth-order valence-electron chi connectivity index (χ4n) is 2.85. The number of nitrogens with zero attached hydrogens (tertiary/aromatic N) is 1. The van der Waals surface area contributed by atoms with Crippen LogP contribution in [0.15, 0.2) is 35.7 Å². The first-order valence-electron chi connectivity index (χ1n) is 7.76. The molecule has 1 saturated heterocycles. The Kier molecular flexibility index (Phi) is 5.59. The van der Waals surface area contributed by atoms with Crippen LogP contribution in [-0.4, -0.2) is 51.0 Å². The van der Waals surface area contributed by atoms with Gasteiger partial charge in [-0.15, -0.1) is 6.58 Å². The van der Waals surface area contributed by atoms with E-state index in [1.165, 1.54) is 19.2 Å². The number of nitrogens with one attached hydrogen (secondary N) is 1. The minimum absolute atomic E-state index is 0.0751. The van der Waals surface area contributed by atoms with E-state index in [0.717, 1.165) is 32.5 Å². The standard InChI is InChI=1S/C17H24N2O3S/c1-4-9-19-10-7-15(8-11-19)18-16-12-14(13(2)20)5-6-17(16)23(3,21)22/h4-6,12,15,18H,1,7-11H2,2-3H3. The second-order valence-corrected chi connectivity index (χ2v) is 8.03. The Balaban J connectivity index is 2.19. The highest BCUT2D eigenvalue weighted by Crippen LogP contribution is 2.26. The highest BCUT2D eigenvalue weighted by atomic mass is 32.2. The fraction of sp³-hybridized carbons (Fsp3) is 0.471. The van der Waals surface area contributed by atoms with Gasteiger partial charge in [-0.2, -0.15) is 0 Å². The van der Waals surface area contributed by atoms with Crippen LogP contribution in [-0.2, 0) is 9.84 Å². The summed E-state index contributed by atoms with van der Waals surface area (Å²) in [6.07, 6.45) is 4.95. The first-order chi connectivity index (χ1) is 10.8. The number of sulfone groups is 1. The molecule has 6 heteroatoms. The smallest absolute Gasteiger partial charge is 0.177 e. The summed E-state index contributed by atoms with van der Waals surface area (Å²) in [6, 6.07) is 4.94. The number of carbonyl (C=O) groups excluding carboxylic acids is 1. The normalized spacial score (nSPS) is 17.0. The van der Waals surface area contributed by atoms with E-state index in [4.69, 9.17) is 0 Å². The molecular weight excluding hydrogens is 312 g/mol. The number of piperidine rings is 1. The molecule has 5 nitrogen and oxygen atoms in total. The number of likely N-dealkylation sites (tertiary alicyclic amines) is 1. The maximum absolute atomic E-state index is 12.0. The van der Waals surface area contributed by atoms with Gasteiger partial charge in [0.15, 0.2) is 15.6 Å². The van der Waals surface area contributed by atoms with Gasteiger partial charge in [0.2, 0.25) is 0 Å². The average molecular weight is 336 g/mol. The van der Waals surface area contributed by atoms with Gasteiger partial charge in [0, 0.05) is 37.5 Å². The topological polar surface area (TPSA) is 66.5 Å². The van der Waals surface area contributed by atoms with Gasteiger partial charge in [-0.1, -0.05) is 6.08 Å². The van der Waals surface area contributed by atoms with Crippen molar-refractivity contribution in [3.05, 3.63) is 36.4 Å². The predicted molar refractivity (Wildman–Crippen MR) is 92.8 cm³/mol. The van der Waals surface area contributed by atoms with Crippen LogP contribution in [0.25, 0.3) is 0 Å². The van der Waals surface area contributed by atoms with Gasteiger partial charge in [-0.25, -0.2) is 8.42 Å². The third-order valence-electron chi connectivity index (χ3n) is 4.12. The van der Waals surface area contributed by atoms with E-state index in [1.54, 1.807) is 12.1 Å². The zero-order valence-electron chi connectivity index (χ0n) is 13.7. The van der Waals surface area contributed by atoms with Crippen LogP contribution in [0.5, 0.6) is 0 Å². The quantitative estimate of drug-likeness (QED) is 0.638. The number of hydrogen-bond donors (Lipinski definition) is 1. The summed E-state index contributed by atoms with van der Waals surface area (Å²) < 4.78 is 23.9. The molecule has 0 spiro atoms. The van der Waals surface area contributed by atoms with Gasteiger partial charge >= 0.3 is 0 Å². The molecule has 126 valence electrons. The van der Waals surface area contributed by atoms with Gasteiger partial charge in [0.25, 0.3) is 0 Å². The summed E-state index contributed by atoms with van der Waals surface area (Å²) >= 11 is 0. The lowest BCUT2D eigenvalue weighted by Crippen LogP contribution is -2.39. The van der Waals surface area contributed by atoms with Crippen molar-refractivity contribution < 1.29 is 13.2 Å². The molecule has 1 aromatic carbocycles.